The summed E-state index contributed by atoms with van der Waals surface area (Å²) >= 11 is 5.99. The molecule has 0 amide bonds. The Bertz CT molecular complexity index is 909. The number of benzene rings is 1. The van der Waals surface area contributed by atoms with E-state index in [1.54, 1.807) is 18.2 Å². The van der Waals surface area contributed by atoms with Gasteiger partial charge in [-0.15, -0.1) is 0 Å². The number of aromatic nitrogens is 2. The molecule has 2 heterocycles. The van der Waals surface area contributed by atoms with E-state index in [9.17, 15) is 8.42 Å². The average molecular weight is 414 g/mol. The van der Waals surface area contributed by atoms with Crippen LogP contribution in [0.15, 0.2) is 35.4 Å². The van der Waals surface area contributed by atoms with Crippen molar-refractivity contribution in [2.75, 3.05) is 27.3 Å². The van der Waals surface area contributed by atoms with Gasteiger partial charge in [0, 0.05) is 23.8 Å². The predicted molar refractivity (Wildman–Crippen MR) is 99.0 cm³/mol. The Balaban J connectivity index is 1.80. The highest BCUT2D eigenvalue weighted by Crippen LogP contribution is 2.31. The zero-order chi connectivity index (χ0) is 19.4. The van der Waals surface area contributed by atoms with Gasteiger partial charge >= 0.3 is 6.01 Å². The van der Waals surface area contributed by atoms with E-state index in [2.05, 4.69) is 9.97 Å². The van der Waals surface area contributed by atoms with Gasteiger partial charge in [0.1, 0.15) is 16.7 Å². The summed E-state index contributed by atoms with van der Waals surface area (Å²) in [4.78, 5) is 8.08. The second-order valence-electron chi connectivity index (χ2n) is 5.92. The first kappa shape index (κ1) is 19.7. The summed E-state index contributed by atoms with van der Waals surface area (Å²) in [6, 6.07) is 6.33. The van der Waals surface area contributed by atoms with Gasteiger partial charge in [0.05, 0.1) is 20.8 Å². The first-order valence-electron chi connectivity index (χ1n) is 8.31. The second kappa shape index (κ2) is 8.28. The lowest BCUT2D eigenvalue weighted by atomic mass is 10.1. The summed E-state index contributed by atoms with van der Waals surface area (Å²) in [5.41, 5.74) is 0. The fourth-order valence-electron chi connectivity index (χ4n) is 2.87. The molecule has 146 valence electrons. The van der Waals surface area contributed by atoms with Gasteiger partial charge in [0.25, 0.3) is 0 Å². The maximum Gasteiger partial charge on any atom is 0.319 e. The summed E-state index contributed by atoms with van der Waals surface area (Å²) in [5.74, 6) is 0.592. The molecule has 1 atom stereocenters. The van der Waals surface area contributed by atoms with Crippen LogP contribution >= 0.6 is 11.6 Å². The third-order valence-corrected chi connectivity index (χ3v) is 6.28. The van der Waals surface area contributed by atoms with Crippen LogP contribution in [0.25, 0.3) is 0 Å². The number of hydrogen-bond donors (Lipinski definition) is 0. The number of ether oxygens (including phenoxy) is 3. The second-order valence-corrected chi connectivity index (χ2v) is 8.26. The van der Waals surface area contributed by atoms with Gasteiger partial charge < -0.3 is 14.2 Å². The summed E-state index contributed by atoms with van der Waals surface area (Å²) < 4.78 is 43.6. The molecule has 0 aliphatic carbocycles. The maximum absolute atomic E-state index is 13.1. The minimum atomic E-state index is -3.78. The molecular weight excluding hydrogens is 394 g/mol. The molecule has 2 aromatic rings. The van der Waals surface area contributed by atoms with Crippen molar-refractivity contribution in [1.29, 1.82) is 0 Å². The molecule has 1 unspecified atom stereocenters. The first-order chi connectivity index (χ1) is 12.9. The highest BCUT2D eigenvalue weighted by atomic mass is 35.5. The number of halogens is 1. The van der Waals surface area contributed by atoms with E-state index in [1.165, 1.54) is 30.8 Å². The van der Waals surface area contributed by atoms with Gasteiger partial charge in [0.15, 0.2) is 0 Å². The summed E-state index contributed by atoms with van der Waals surface area (Å²) in [5, 5.41) is 0.326. The first-order valence-corrected chi connectivity index (χ1v) is 10.1. The van der Waals surface area contributed by atoms with Crippen molar-refractivity contribution >= 4 is 21.6 Å². The monoisotopic (exact) mass is 413 g/mol. The van der Waals surface area contributed by atoms with Crippen molar-refractivity contribution < 1.29 is 22.6 Å². The molecule has 3 rings (SSSR count). The number of methoxy groups -OCH3 is 2. The fourth-order valence-corrected chi connectivity index (χ4v) is 4.80. The van der Waals surface area contributed by atoms with Gasteiger partial charge in [-0.1, -0.05) is 11.6 Å². The Hall–Kier alpha value is -2.10. The Kier molecular flexibility index (Phi) is 6.03. The summed E-state index contributed by atoms with van der Waals surface area (Å²) in [6.07, 6.45) is 2.56. The minimum Gasteiger partial charge on any atom is -0.495 e. The Morgan fingerprint density at radius 3 is 2.78 bits per heavy atom. The molecule has 8 nitrogen and oxygen atoms in total. The van der Waals surface area contributed by atoms with Crippen LogP contribution in [-0.4, -0.2) is 56.1 Å². The molecular formula is C17H20ClN3O5S. The molecule has 1 aromatic heterocycles. The van der Waals surface area contributed by atoms with Gasteiger partial charge in [-0.05, 0) is 31.0 Å². The molecule has 0 N–H and O–H groups in total. The quantitative estimate of drug-likeness (QED) is 0.717. The van der Waals surface area contributed by atoms with E-state index >= 15 is 0 Å². The standard InChI is InChI=1S/C17H20ClN3O5S/c1-24-14-6-5-12(18)10-15(14)27(22,23)21-9-3-4-13(11-21)26-16-7-8-19-17(20-16)25-2/h5-8,10,13H,3-4,9,11H2,1-2H3. The smallest absolute Gasteiger partial charge is 0.319 e. The lowest BCUT2D eigenvalue weighted by Crippen LogP contribution is -2.44. The lowest BCUT2D eigenvalue weighted by Gasteiger charge is -2.32. The van der Waals surface area contributed by atoms with Crippen LogP contribution in [-0.2, 0) is 10.0 Å². The van der Waals surface area contributed by atoms with E-state index < -0.39 is 10.0 Å². The van der Waals surface area contributed by atoms with Crippen LogP contribution in [0, 0.1) is 0 Å². The third-order valence-electron chi connectivity index (χ3n) is 4.16. The molecule has 1 fully saturated rings. The molecule has 1 aromatic carbocycles. The van der Waals surface area contributed by atoms with E-state index in [0.29, 0.717) is 30.3 Å². The normalized spacial score (nSPS) is 18.1. The van der Waals surface area contributed by atoms with Crippen molar-refractivity contribution in [3.05, 3.63) is 35.5 Å². The SMILES string of the molecule is COc1nccc(OC2CCCN(S(=O)(=O)c3cc(Cl)ccc3OC)C2)n1. The van der Waals surface area contributed by atoms with Gasteiger partial charge in [-0.3, -0.25) is 0 Å². The Labute approximate surface area is 163 Å². The molecule has 0 bridgehead atoms. The molecule has 1 aliphatic heterocycles. The average Bonchev–Trinajstić information content (AvgIpc) is 2.68. The van der Waals surface area contributed by atoms with Gasteiger partial charge in [-0.2, -0.15) is 9.29 Å². The fraction of sp³-hybridized carbons (Fsp3) is 0.412. The van der Waals surface area contributed by atoms with Crippen LogP contribution in [0.5, 0.6) is 17.6 Å². The molecule has 0 radical (unpaired) electrons. The Morgan fingerprint density at radius 2 is 2.04 bits per heavy atom. The van der Waals surface area contributed by atoms with Crippen molar-refractivity contribution in [2.45, 2.75) is 23.8 Å². The number of sulfonamides is 1. The van der Waals surface area contributed by atoms with E-state index in [0.717, 1.165) is 0 Å². The largest absolute Gasteiger partial charge is 0.495 e. The zero-order valence-electron chi connectivity index (χ0n) is 15.0. The highest BCUT2D eigenvalue weighted by molar-refractivity contribution is 7.89. The van der Waals surface area contributed by atoms with Crippen LogP contribution in [0.3, 0.4) is 0 Å². The van der Waals surface area contributed by atoms with Crippen LogP contribution < -0.4 is 14.2 Å². The topological polar surface area (TPSA) is 90.9 Å². The number of nitrogens with zero attached hydrogens (tertiary/aromatic N) is 3. The van der Waals surface area contributed by atoms with Crippen molar-refractivity contribution in [2.24, 2.45) is 0 Å². The predicted octanol–water partition coefficient (Wildman–Crippen LogP) is 2.38. The molecule has 1 aliphatic rings. The summed E-state index contributed by atoms with van der Waals surface area (Å²) in [6.45, 7) is 0.593. The van der Waals surface area contributed by atoms with E-state index in [1.807, 2.05) is 0 Å². The molecule has 0 spiro atoms. The number of piperidine rings is 1. The summed E-state index contributed by atoms with van der Waals surface area (Å²) in [7, 11) is -0.891. The molecule has 1 saturated heterocycles. The number of hydrogen-bond acceptors (Lipinski definition) is 7. The van der Waals surface area contributed by atoms with Crippen molar-refractivity contribution in [1.82, 2.24) is 14.3 Å². The molecule has 0 saturated carbocycles. The minimum absolute atomic E-state index is 0.0434. The zero-order valence-corrected chi connectivity index (χ0v) is 16.5. The van der Waals surface area contributed by atoms with Crippen LogP contribution in [0.4, 0.5) is 0 Å². The highest BCUT2D eigenvalue weighted by Gasteiger charge is 2.33. The molecule has 10 heteroatoms. The van der Waals surface area contributed by atoms with Gasteiger partial charge in [-0.25, -0.2) is 13.4 Å². The number of rotatable bonds is 6. The van der Waals surface area contributed by atoms with E-state index in [-0.39, 0.29) is 29.3 Å². The maximum atomic E-state index is 13.1. The third kappa shape index (κ3) is 4.42. The molecule has 27 heavy (non-hydrogen) atoms. The van der Waals surface area contributed by atoms with Crippen molar-refractivity contribution in [3.8, 4) is 17.6 Å². The van der Waals surface area contributed by atoms with E-state index in [4.69, 9.17) is 25.8 Å². The van der Waals surface area contributed by atoms with Gasteiger partial charge in [0.2, 0.25) is 15.9 Å². The Morgan fingerprint density at radius 1 is 1.22 bits per heavy atom. The van der Waals surface area contributed by atoms with Crippen LogP contribution in [0.2, 0.25) is 5.02 Å². The van der Waals surface area contributed by atoms with Crippen molar-refractivity contribution in [3.63, 3.8) is 0 Å². The lowest BCUT2D eigenvalue weighted by molar-refractivity contribution is 0.123. The van der Waals surface area contributed by atoms with Crippen LogP contribution in [0.1, 0.15) is 12.8 Å².